The number of likely N-dealkylation sites (tertiary alicyclic amines) is 1. The van der Waals surface area contributed by atoms with Gasteiger partial charge in [-0.15, -0.1) is 0 Å². The summed E-state index contributed by atoms with van der Waals surface area (Å²) in [6, 6.07) is 6.22. The normalized spacial score (nSPS) is 20.0. The van der Waals surface area contributed by atoms with Gasteiger partial charge in [0.15, 0.2) is 0 Å². The van der Waals surface area contributed by atoms with Gasteiger partial charge in [0.1, 0.15) is 17.5 Å². The largest absolute Gasteiger partial charge is 0.497 e. The maximum absolute atomic E-state index is 13.7. The molecule has 32 heavy (non-hydrogen) atoms. The Bertz CT molecular complexity index is 833. The molecular formula is C24H35N3O5. The van der Waals surface area contributed by atoms with Crippen LogP contribution in [-0.2, 0) is 14.3 Å². The molecule has 0 bridgehead atoms. The number of carbonyl (C=O) groups is 3. The second-order valence-corrected chi connectivity index (χ2v) is 8.95. The van der Waals surface area contributed by atoms with Crippen LogP contribution < -0.4 is 10.1 Å². The van der Waals surface area contributed by atoms with Crippen molar-refractivity contribution in [3.8, 4) is 5.75 Å². The summed E-state index contributed by atoms with van der Waals surface area (Å²) in [7, 11) is 1.55. The van der Waals surface area contributed by atoms with E-state index in [4.69, 9.17) is 9.47 Å². The van der Waals surface area contributed by atoms with Crippen LogP contribution >= 0.6 is 0 Å². The van der Waals surface area contributed by atoms with Gasteiger partial charge >= 0.3 is 0 Å². The first kappa shape index (κ1) is 24.0. The van der Waals surface area contributed by atoms with Gasteiger partial charge in [0.2, 0.25) is 11.8 Å². The van der Waals surface area contributed by atoms with E-state index in [-0.39, 0.29) is 24.3 Å². The summed E-state index contributed by atoms with van der Waals surface area (Å²) in [5.74, 6) is 0.513. The van der Waals surface area contributed by atoms with Crippen LogP contribution in [0.5, 0.6) is 5.75 Å². The summed E-state index contributed by atoms with van der Waals surface area (Å²) >= 11 is 0. The Morgan fingerprint density at radius 2 is 1.97 bits per heavy atom. The highest BCUT2D eigenvalue weighted by Gasteiger charge is 2.54. The summed E-state index contributed by atoms with van der Waals surface area (Å²) in [5.41, 5.74) is -0.455. The average molecular weight is 446 g/mol. The first-order valence-corrected chi connectivity index (χ1v) is 11.5. The highest BCUT2D eigenvalue weighted by Crippen LogP contribution is 2.39. The molecule has 0 unspecified atom stereocenters. The van der Waals surface area contributed by atoms with Crippen molar-refractivity contribution in [2.24, 2.45) is 5.92 Å². The molecule has 8 heteroatoms. The molecular weight excluding hydrogens is 410 g/mol. The van der Waals surface area contributed by atoms with E-state index in [1.807, 2.05) is 25.7 Å². The molecule has 0 aromatic heterocycles. The lowest BCUT2D eigenvalue weighted by Crippen LogP contribution is -2.59. The molecule has 1 aromatic carbocycles. The minimum atomic E-state index is -0.900. The van der Waals surface area contributed by atoms with Crippen molar-refractivity contribution in [2.45, 2.75) is 58.2 Å². The zero-order valence-corrected chi connectivity index (χ0v) is 19.6. The Labute approximate surface area is 190 Å². The Kier molecular flexibility index (Phi) is 7.77. The summed E-state index contributed by atoms with van der Waals surface area (Å²) in [6.07, 6.45) is 2.26. The zero-order chi connectivity index (χ0) is 23.3. The number of nitrogens with zero attached hydrogens (tertiary/aromatic N) is 2. The Hall–Kier alpha value is -2.61. The van der Waals surface area contributed by atoms with Crippen molar-refractivity contribution in [3.05, 3.63) is 29.8 Å². The number of rotatable bonds is 7. The van der Waals surface area contributed by atoms with Gasteiger partial charge in [-0.1, -0.05) is 26.8 Å². The molecule has 1 N–H and O–H groups in total. The van der Waals surface area contributed by atoms with Crippen LogP contribution in [0, 0.1) is 5.92 Å². The number of ether oxygens (including phenoxy) is 2. The molecule has 3 amide bonds. The minimum absolute atomic E-state index is 0.121. The second-order valence-electron chi connectivity index (χ2n) is 8.95. The zero-order valence-electron chi connectivity index (χ0n) is 19.6. The van der Waals surface area contributed by atoms with E-state index in [9.17, 15) is 14.4 Å². The third kappa shape index (κ3) is 5.06. The van der Waals surface area contributed by atoms with Crippen molar-refractivity contribution in [1.29, 1.82) is 0 Å². The van der Waals surface area contributed by atoms with Gasteiger partial charge in [-0.3, -0.25) is 19.3 Å². The molecule has 1 aromatic rings. The van der Waals surface area contributed by atoms with Crippen LogP contribution in [0.15, 0.2) is 24.3 Å². The number of piperidine rings is 1. The maximum atomic E-state index is 13.7. The quantitative estimate of drug-likeness (QED) is 0.696. The van der Waals surface area contributed by atoms with Crippen LogP contribution in [0.3, 0.4) is 0 Å². The highest BCUT2D eigenvalue weighted by atomic mass is 16.5. The van der Waals surface area contributed by atoms with Gasteiger partial charge in [-0.25, -0.2) is 0 Å². The lowest BCUT2D eigenvalue weighted by molar-refractivity contribution is -0.144. The van der Waals surface area contributed by atoms with Gasteiger partial charge in [0, 0.05) is 44.5 Å². The summed E-state index contributed by atoms with van der Waals surface area (Å²) < 4.78 is 11.5. The Morgan fingerprint density at radius 1 is 1.25 bits per heavy atom. The predicted molar refractivity (Wildman–Crippen MR) is 120 cm³/mol. The fourth-order valence-corrected chi connectivity index (χ4v) is 4.41. The molecule has 0 saturated carbocycles. The standard InChI is InChI=1S/C24H35N3O5/c1-5-11-25-22(29)20-16-32-24(9-12-26(13-10-24)21(28)14-17(2)3)27(20)23(30)18-7-6-8-19(15-18)31-4/h6-8,15,17,20H,5,9-14,16H2,1-4H3,(H,25,29)/t20-/m1/s1. The first-order valence-electron chi connectivity index (χ1n) is 11.5. The van der Waals surface area contributed by atoms with Crippen LogP contribution in [0.25, 0.3) is 0 Å². The molecule has 2 saturated heterocycles. The predicted octanol–water partition coefficient (Wildman–Crippen LogP) is 2.43. The maximum Gasteiger partial charge on any atom is 0.257 e. The monoisotopic (exact) mass is 445 g/mol. The number of nitrogens with one attached hydrogen (secondary N) is 1. The first-order chi connectivity index (χ1) is 15.3. The molecule has 1 spiro atoms. The van der Waals surface area contributed by atoms with Crippen LogP contribution in [-0.4, -0.2) is 72.6 Å². The second kappa shape index (κ2) is 10.3. The molecule has 8 nitrogen and oxygen atoms in total. The van der Waals surface area contributed by atoms with E-state index in [1.54, 1.807) is 36.3 Å². The van der Waals surface area contributed by atoms with Gasteiger partial charge in [-0.2, -0.15) is 0 Å². The van der Waals surface area contributed by atoms with Gasteiger partial charge < -0.3 is 19.7 Å². The van der Waals surface area contributed by atoms with E-state index in [0.29, 0.717) is 56.1 Å². The number of methoxy groups -OCH3 is 1. The smallest absolute Gasteiger partial charge is 0.257 e. The van der Waals surface area contributed by atoms with Crippen LogP contribution in [0.2, 0.25) is 0 Å². The number of hydrogen-bond donors (Lipinski definition) is 1. The van der Waals surface area contributed by atoms with Gasteiger partial charge in [-0.05, 0) is 30.5 Å². The molecule has 0 radical (unpaired) electrons. The third-order valence-corrected chi connectivity index (χ3v) is 6.13. The Balaban J connectivity index is 1.85. The number of benzene rings is 1. The molecule has 2 aliphatic heterocycles. The van der Waals surface area contributed by atoms with Gasteiger partial charge in [0.05, 0.1) is 13.7 Å². The van der Waals surface area contributed by atoms with Crippen LogP contribution in [0.4, 0.5) is 0 Å². The van der Waals surface area contributed by atoms with Crippen molar-refractivity contribution in [2.75, 3.05) is 33.4 Å². The Morgan fingerprint density at radius 3 is 2.59 bits per heavy atom. The fraction of sp³-hybridized carbons (Fsp3) is 0.625. The third-order valence-electron chi connectivity index (χ3n) is 6.13. The van der Waals surface area contributed by atoms with Crippen molar-refractivity contribution < 1.29 is 23.9 Å². The molecule has 176 valence electrons. The summed E-state index contributed by atoms with van der Waals surface area (Å²) in [4.78, 5) is 42.6. The fourth-order valence-electron chi connectivity index (χ4n) is 4.41. The molecule has 2 aliphatic rings. The number of hydrogen-bond acceptors (Lipinski definition) is 5. The molecule has 0 aliphatic carbocycles. The van der Waals surface area contributed by atoms with Crippen molar-refractivity contribution in [1.82, 2.24) is 15.1 Å². The molecule has 2 heterocycles. The molecule has 1 atom stereocenters. The lowest BCUT2D eigenvalue weighted by atomic mass is 9.96. The van der Waals surface area contributed by atoms with E-state index >= 15 is 0 Å². The molecule has 3 rings (SSSR count). The van der Waals surface area contributed by atoms with Crippen molar-refractivity contribution >= 4 is 17.7 Å². The number of carbonyl (C=O) groups excluding carboxylic acids is 3. The summed E-state index contributed by atoms with van der Waals surface area (Å²) in [5, 5.41) is 2.90. The lowest BCUT2D eigenvalue weighted by Gasteiger charge is -2.44. The van der Waals surface area contributed by atoms with Crippen LogP contribution in [0.1, 0.15) is 56.8 Å². The van der Waals surface area contributed by atoms with Crippen molar-refractivity contribution in [3.63, 3.8) is 0 Å². The van der Waals surface area contributed by atoms with E-state index < -0.39 is 11.8 Å². The van der Waals surface area contributed by atoms with E-state index in [2.05, 4.69) is 5.32 Å². The summed E-state index contributed by atoms with van der Waals surface area (Å²) in [6.45, 7) is 7.71. The van der Waals surface area contributed by atoms with Gasteiger partial charge in [0.25, 0.3) is 5.91 Å². The average Bonchev–Trinajstić information content (AvgIpc) is 3.15. The SMILES string of the molecule is CCCNC(=O)[C@H]1COC2(CCN(C(=O)CC(C)C)CC2)N1C(=O)c1cccc(OC)c1. The number of amides is 3. The molecule has 2 fully saturated rings. The minimum Gasteiger partial charge on any atom is -0.497 e. The van der Waals surface area contributed by atoms with E-state index in [1.165, 1.54) is 0 Å². The topological polar surface area (TPSA) is 88.2 Å². The van der Waals surface area contributed by atoms with E-state index in [0.717, 1.165) is 6.42 Å². The highest BCUT2D eigenvalue weighted by molar-refractivity contribution is 5.98.